The van der Waals surface area contributed by atoms with Crippen LogP contribution in [-0.2, 0) is 0 Å². The summed E-state index contributed by atoms with van der Waals surface area (Å²) in [5.41, 5.74) is 5.22. The van der Waals surface area contributed by atoms with Crippen LogP contribution in [0.5, 0.6) is 5.75 Å². The molecular formula is C23H20N4O4. The molecule has 156 valence electrons. The minimum absolute atomic E-state index is 0.254. The van der Waals surface area contributed by atoms with E-state index in [0.29, 0.717) is 28.1 Å². The van der Waals surface area contributed by atoms with E-state index in [1.165, 1.54) is 0 Å². The summed E-state index contributed by atoms with van der Waals surface area (Å²) in [6.07, 6.45) is 4.99. The summed E-state index contributed by atoms with van der Waals surface area (Å²) >= 11 is 0. The number of methoxy groups -OCH3 is 1. The smallest absolute Gasteiger partial charge is 0.420 e. The molecule has 0 aliphatic carbocycles. The summed E-state index contributed by atoms with van der Waals surface area (Å²) in [5.74, 6) is 0.887. The molecule has 0 N–H and O–H groups in total. The molecule has 1 aromatic carbocycles. The molecule has 31 heavy (non-hydrogen) atoms. The van der Waals surface area contributed by atoms with Crippen LogP contribution < -0.4 is 10.5 Å². The second-order valence-corrected chi connectivity index (χ2v) is 7.43. The Morgan fingerprint density at radius 3 is 2.61 bits per heavy atom. The van der Waals surface area contributed by atoms with Crippen molar-refractivity contribution in [2.45, 2.75) is 26.8 Å². The molecule has 0 saturated carbocycles. The van der Waals surface area contributed by atoms with Gasteiger partial charge in [-0.25, -0.2) is 4.79 Å². The molecule has 0 aliphatic heterocycles. The minimum atomic E-state index is -0.442. The molecule has 0 amide bonds. The molecule has 0 fully saturated rings. The van der Waals surface area contributed by atoms with Gasteiger partial charge in [-0.05, 0) is 50.6 Å². The molecule has 4 heterocycles. The number of nitrogens with zero attached hydrogens (tertiary/aromatic N) is 4. The van der Waals surface area contributed by atoms with Gasteiger partial charge >= 0.3 is 5.76 Å². The van der Waals surface area contributed by atoms with Crippen LogP contribution in [-0.4, -0.2) is 26.8 Å². The van der Waals surface area contributed by atoms with Crippen molar-refractivity contribution in [2.75, 3.05) is 7.11 Å². The number of fused-ring (bicyclic) bond motifs is 3. The van der Waals surface area contributed by atoms with Crippen LogP contribution in [0.25, 0.3) is 33.1 Å². The number of rotatable bonds is 4. The molecule has 0 radical (unpaired) electrons. The Balaban J connectivity index is 1.82. The van der Waals surface area contributed by atoms with E-state index in [4.69, 9.17) is 13.7 Å². The highest BCUT2D eigenvalue weighted by atomic mass is 16.5. The van der Waals surface area contributed by atoms with Crippen molar-refractivity contribution in [3.63, 3.8) is 0 Å². The molecule has 5 rings (SSSR count). The predicted molar refractivity (Wildman–Crippen MR) is 115 cm³/mol. The number of benzene rings is 1. The van der Waals surface area contributed by atoms with Crippen molar-refractivity contribution >= 4 is 22.0 Å². The molecule has 5 aromatic rings. The first-order chi connectivity index (χ1) is 15.0. The number of ether oxygens (including phenoxy) is 1. The van der Waals surface area contributed by atoms with E-state index in [-0.39, 0.29) is 6.04 Å². The van der Waals surface area contributed by atoms with Gasteiger partial charge in [0.1, 0.15) is 17.0 Å². The van der Waals surface area contributed by atoms with Crippen molar-refractivity contribution in [3.05, 3.63) is 70.4 Å². The molecule has 4 aromatic heterocycles. The molecule has 8 heteroatoms. The van der Waals surface area contributed by atoms with E-state index < -0.39 is 5.76 Å². The highest BCUT2D eigenvalue weighted by Crippen LogP contribution is 2.39. The maximum absolute atomic E-state index is 12.8. The van der Waals surface area contributed by atoms with Gasteiger partial charge in [0.15, 0.2) is 5.58 Å². The molecular weight excluding hydrogens is 396 g/mol. The number of hydrogen-bond donors (Lipinski definition) is 0. The fourth-order valence-corrected chi connectivity index (χ4v) is 4.12. The van der Waals surface area contributed by atoms with Crippen LogP contribution in [0.15, 0.2) is 56.6 Å². The fraction of sp³-hybridized carbons (Fsp3) is 0.217. The molecule has 0 aliphatic rings. The lowest BCUT2D eigenvalue weighted by molar-refractivity contribution is 0.393. The predicted octanol–water partition coefficient (Wildman–Crippen LogP) is 4.43. The van der Waals surface area contributed by atoms with Crippen molar-refractivity contribution in [2.24, 2.45) is 0 Å². The molecule has 0 bridgehead atoms. The Labute approximate surface area is 177 Å². The summed E-state index contributed by atoms with van der Waals surface area (Å²) in [4.78, 5) is 21.4. The maximum atomic E-state index is 12.8. The second-order valence-electron chi connectivity index (χ2n) is 7.43. The van der Waals surface area contributed by atoms with Gasteiger partial charge in [-0.15, -0.1) is 0 Å². The van der Waals surface area contributed by atoms with Crippen molar-refractivity contribution in [1.29, 1.82) is 0 Å². The standard InChI is InChI=1S/C23H20N4O4/c1-12-21(14(3)31-26-12)17-9-18-16(10-19(17)29-4)22-20(11-25-18)30-23(28)27(22)13(2)15-5-7-24-8-6-15/h5-11,13H,1-4H3. The van der Waals surface area contributed by atoms with Crippen LogP contribution in [0.1, 0.15) is 30.0 Å². The monoisotopic (exact) mass is 416 g/mol. The summed E-state index contributed by atoms with van der Waals surface area (Å²) < 4.78 is 18.2. The van der Waals surface area contributed by atoms with E-state index in [1.807, 2.05) is 45.0 Å². The molecule has 0 saturated heterocycles. The van der Waals surface area contributed by atoms with E-state index in [9.17, 15) is 4.79 Å². The van der Waals surface area contributed by atoms with Crippen LogP contribution in [0, 0.1) is 13.8 Å². The van der Waals surface area contributed by atoms with E-state index in [1.54, 1.807) is 30.3 Å². The fourth-order valence-electron chi connectivity index (χ4n) is 4.12. The highest BCUT2D eigenvalue weighted by molar-refractivity contribution is 6.04. The summed E-state index contributed by atoms with van der Waals surface area (Å²) in [5, 5.41) is 4.82. The highest BCUT2D eigenvalue weighted by Gasteiger charge is 2.22. The Hall–Kier alpha value is -3.94. The topological polar surface area (TPSA) is 96.2 Å². The van der Waals surface area contributed by atoms with E-state index in [2.05, 4.69) is 15.1 Å². The quantitative estimate of drug-likeness (QED) is 0.428. The second kappa shape index (κ2) is 7.09. The lowest BCUT2D eigenvalue weighted by atomic mass is 10.00. The SMILES string of the molecule is COc1cc2c(cc1-c1c(C)noc1C)ncc1oc(=O)n(C(C)c3ccncc3)c12. The molecule has 1 atom stereocenters. The van der Waals surface area contributed by atoms with E-state index in [0.717, 1.165) is 27.8 Å². The third kappa shape index (κ3) is 2.91. The molecule has 1 unspecified atom stereocenters. The van der Waals surface area contributed by atoms with Gasteiger partial charge in [0, 0.05) is 23.3 Å². The number of oxazole rings is 1. The lowest BCUT2D eigenvalue weighted by Crippen LogP contribution is -2.19. The summed E-state index contributed by atoms with van der Waals surface area (Å²) in [6, 6.07) is 7.33. The average molecular weight is 416 g/mol. The van der Waals surface area contributed by atoms with Gasteiger partial charge in [0.05, 0.1) is 36.1 Å². The first kappa shape index (κ1) is 19.0. The van der Waals surface area contributed by atoms with Gasteiger partial charge in [0.2, 0.25) is 0 Å². The number of aryl methyl sites for hydroxylation is 2. The molecule has 8 nitrogen and oxygen atoms in total. The minimum Gasteiger partial charge on any atom is -0.496 e. The number of aromatic nitrogens is 4. The first-order valence-corrected chi connectivity index (χ1v) is 9.84. The Morgan fingerprint density at radius 2 is 1.94 bits per heavy atom. The molecule has 0 spiro atoms. The summed E-state index contributed by atoms with van der Waals surface area (Å²) in [7, 11) is 1.61. The van der Waals surface area contributed by atoms with Crippen LogP contribution in [0.2, 0.25) is 0 Å². The normalized spacial score (nSPS) is 12.5. The van der Waals surface area contributed by atoms with E-state index >= 15 is 0 Å². The zero-order valence-corrected chi connectivity index (χ0v) is 17.5. The first-order valence-electron chi connectivity index (χ1n) is 9.84. The maximum Gasteiger partial charge on any atom is 0.420 e. The summed E-state index contributed by atoms with van der Waals surface area (Å²) in [6.45, 7) is 5.70. The van der Waals surface area contributed by atoms with Crippen molar-refractivity contribution in [1.82, 2.24) is 19.7 Å². The Morgan fingerprint density at radius 1 is 1.16 bits per heavy atom. The zero-order chi connectivity index (χ0) is 21.7. The van der Waals surface area contributed by atoms with Crippen LogP contribution in [0.3, 0.4) is 0 Å². The number of pyridine rings is 2. The third-order valence-corrected chi connectivity index (χ3v) is 5.64. The average Bonchev–Trinajstić information content (AvgIpc) is 3.30. The van der Waals surface area contributed by atoms with Gasteiger partial charge in [-0.1, -0.05) is 5.16 Å². The Bertz CT molecular complexity index is 1460. The van der Waals surface area contributed by atoms with Crippen LogP contribution in [0.4, 0.5) is 0 Å². The van der Waals surface area contributed by atoms with Gasteiger partial charge in [-0.2, -0.15) is 0 Å². The van der Waals surface area contributed by atoms with Gasteiger partial charge < -0.3 is 13.7 Å². The van der Waals surface area contributed by atoms with Crippen molar-refractivity contribution in [3.8, 4) is 16.9 Å². The zero-order valence-electron chi connectivity index (χ0n) is 17.5. The third-order valence-electron chi connectivity index (χ3n) is 5.64. The van der Waals surface area contributed by atoms with Crippen molar-refractivity contribution < 1.29 is 13.7 Å². The number of hydrogen-bond acceptors (Lipinski definition) is 7. The lowest BCUT2D eigenvalue weighted by Gasteiger charge is -2.15. The van der Waals surface area contributed by atoms with Gasteiger partial charge in [-0.3, -0.25) is 14.5 Å². The Kier molecular flexibility index (Phi) is 4.35. The largest absolute Gasteiger partial charge is 0.496 e. The van der Waals surface area contributed by atoms with Gasteiger partial charge in [0.25, 0.3) is 0 Å². The van der Waals surface area contributed by atoms with Crippen LogP contribution >= 0.6 is 0 Å².